The molecule has 6 nitrogen and oxygen atoms in total. The fourth-order valence-electron chi connectivity index (χ4n) is 2.87. The van der Waals surface area contributed by atoms with E-state index in [1.807, 2.05) is 0 Å². The Morgan fingerprint density at radius 2 is 1.40 bits per heavy atom. The molecule has 0 heterocycles. The topological polar surface area (TPSA) is 83.9 Å². The lowest BCUT2D eigenvalue weighted by Gasteiger charge is -2.23. The second-order valence-electron chi connectivity index (χ2n) is 6.58. The molecule has 30 heavy (non-hydrogen) atoms. The van der Waals surface area contributed by atoms with Crippen LogP contribution >= 0.6 is 11.6 Å². The summed E-state index contributed by atoms with van der Waals surface area (Å²) in [6, 6.07) is 19.3. The molecule has 1 N–H and O–H groups in total. The zero-order valence-corrected chi connectivity index (χ0v) is 17.7. The minimum absolute atomic E-state index is 0.0802. The van der Waals surface area contributed by atoms with Crippen molar-refractivity contribution >= 4 is 27.6 Å². The highest BCUT2D eigenvalue weighted by Crippen LogP contribution is 2.24. The molecule has 0 radical (unpaired) electrons. The van der Waals surface area contributed by atoms with Gasteiger partial charge in [0.05, 0.1) is 17.6 Å². The number of ether oxygens (including phenoxy) is 1. The number of carboxylic acid groups (broad SMARTS) is 1. The number of sulfonamides is 1. The van der Waals surface area contributed by atoms with Gasteiger partial charge in [-0.1, -0.05) is 35.9 Å². The van der Waals surface area contributed by atoms with Crippen LogP contribution < -0.4 is 4.74 Å². The van der Waals surface area contributed by atoms with Gasteiger partial charge in [0.1, 0.15) is 5.75 Å². The van der Waals surface area contributed by atoms with Crippen molar-refractivity contribution in [1.82, 2.24) is 4.31 Å². The van der Waals surface area contributed by atoms with Crippen LogP contribution in [0.3, 0.4) is 0 Å². The Kier molecular flexibility index (Phi) is 6.77. The lowest BCUT2D eigenvalue weighted by Crippen LogP contribution is -2.30. The van der Waals surface area contributed by atoms with Gasteiger partial charge < -0.3 is 9.84 Å². The molecule has 0 aromatic heterocycles. The highest BCUT2D eigenvalue weighted by atomic mass is 35.5. The van der Waals surface area contributed by atoms with E-state index >= 15 is 0 Å². The highest BCUT2D eigenvalue weighted by molar-refractivity contribution is 7.89. The van der Waals surface area contributed by atoms with Gasteiger partial charge in [0.15, 0.2) is 0 Å². The Bertz CT molecular complexity index is 1110. The van der Waals surface area contributed by atoms with Crippen molar-refractivity contribution in [3.05, 3.63) is 94.5 Å². The van der Waals surface area contributed by atoms with Crippen LogP contribution in [0, 0.1) is 0 Å². The molecular weight excluding hydrogens is 426 g/mol. The Morgan fingerprint density at radius 3 is 1.87 bits per heavy atom. The van der Waals surface area contributed by atoms with Crippen molar-refractivity contribution in [2.75, 3.05) is 7.11 Å². The number of carbonyl (C=O) groups is 1. The lowest BCUT2D eigenvalue weighted by molar-refractivity contribution is 0.0697. The minimum Gasteiger partial charge on any atom is -0.497 e. The second-order valence-corrected chi connectivity index (χ2v) is 8.95. The van der Waals surface area contributed by atoms with E-state index in [0.717, 1.165) is 5.56 Å². The zero-order chi connectivity index (χ0) is 21.7. The quantitative estimate of drug-likeness (QED) is 0.554. The molecule has 0 unspecified atom stereocenters. The van der Waals surface area contributed by atoms with Gasteiger partial charge in [0.25, 0.3) is 0 Å². The Labute approximate surface area is 180 Å². The average Bonchev–Trinajstić information content (AvgIpc) is 2.74. The normalized spacial score (nSPS) is 11.4. The van der Waals surface area contributed by atoms with Crippen LogP contribution in [0.2, 0.25) is 5.02 Å². The number of rotatable bonds is 8. The van der Waals surface area contributed by atoms with Crippen LogP contribution in [0.1, 0.15) is 21.5 Å². The van der Waals surface area contributed by atoms with Gasteiger partial charge in [-0.15, -0.1) is 0 Å². The Morgan fingerprint density at radius 1 is 0.900 bits per heavy atom. The van der Waals surface area contributed by atoms with Gasteiger partial charge in [-0.25, -0.2) is 13.2 Å². The molecule has 0 aliphatic carbocycles. The summed E-state index contributed by atoms with van der Waals surface area (Å²) in [6.07, 6.45) is 0. The summed E-state index contributed by atoms with van der Waals surface area (Å²) in [6.45, 7) is 0.215. The lowest BCUT2D eigenvalue weighted by atomic mass is 10.1. The molecule has 0 spiro atoms. The van der Waals surface area contributed by atoms with Crippen molar-refractivity contribution in [2.24, 2.45) is 0 Å². The van der Waals surface area contributed by atoms with E-state index in [2.05, 4.69) is 0 Å². The number of carboxylic acids is 1. The van der Waals surface area contributed by atoms with Gasteiger partial charge in [0.2, 0.25) is 10.0 Å². The molecule has 0 saturated heterocycles. The number of halogens is 1. The first-order valence-corrected chi connectivity index (χ1v) is 10.8. The number of nitrogens with zero attached hydrogens (tertiary/aromatic N) is 1. The molecule has 156 valence electrons. The fraction of sp³-hybridized carbons (Fsp3) is 0.136. The highest BCUT2D eigenvalue weighted by Gasteiger charge is 2.25. The first-order valence-electron chi connectivity index (χ1n) is 9.00. The molecule has 0 amide bonds. The van der Waals surface area contributed by atoms with Crippen LogP contribution in [0.4, 0.5) is 0 Å². The first-order chi connectivity index (χ1) is 14.3. The van der Waals surface area contributed by atoms with E-state index in [4.69, 9.17) is 21.4 Å². The molecule has 3 aromatic rings. The van der Waals surface area contributed by atoms with Crippen LogP contribution in [-0.2, 0) is 23.1 Å². The number of aromatic carboxylic acids is 1. The van der Waals surface area contributed by atoms with E-state index < -0.39 is 16.0 Å². The molecule has 0 aliphatic rings. The molecule has 3 aromatic carbocycles. The van der Waals surface area contributed by atoms with Crippen molar-refractivity contribution in [2.45, 2.75) is 18.0 Å². The summed E-state index contributed by atoms with van der Waals surface area (Å²) in [5.41, 5.74) is 1.60. The summed E-state index contributed by atoms with van der Waals surface area (Å²) in [4.78, 5) is 11.2. The van der Waals surface area contributed by atoms with Gasteiger partial charge in [0, 0.05) is 18.1 Å². The van der Waals surface area contributed by atoms with Crippen molar-refractivity contribution < 1.29 is 23.1 Å². The van der Waals surface area contributed by atoms with Gasteiger partial charge in [-0.2, -0.15) is 4.31 Å². The number of benzene rings is 3. The summed E-state index contributed by atoms with van der Waals surface area (Å²) in [7, 11) is -2.27. The maximum atomic E-state index is 13.3. The monoisotopic (exact) mass is 445 g/mol. The maximum Gasteiger partial charge on any atom is 0.335 e. The number of hydrogen-bond donors (Lipinski definition) is 1. The summed E-state index contributed by atoms with van der Waals surface area (Å²) in [5.74, 6) is -0.361. The summed E-state index contributed by atoms with van der Waals surface area (Å²) < 4.78 is 33.1. The van der Waals surface area contributed by atoms with Crippen LogP contribution in [0.5, 0.6) is 5.75 Å². The maximum absolute atomic E-state index is 13.3. The predicted molar refractivity (Wildman–Crippen MR) is 114 cm³/mol. The third-order valence-corrected chi connectivity index (χ3v) is 6.59. The molecule has 8 heteroatoms. The minimum atomic E-state index is -3.83. The third kappa shape index (κ3) is 5.18. The van der Waals surface area contributed by atoms with Crippen molar-refractivity contribution in [3.63, 3.8) is 0 Å². The van der Waals surface area contributed by atoms with Crippen LogP contribution in [0.15, 0.2) is 77.7 Å². The Balaban J connectivity index is 1.94. The van der Waals surface area contributed by atoms with E-state index in [0.29, 0.717) is 16.3 Å². The van der Waals surface area contributed by atoms with Crippen LogP contribution in [-0.4, -0.2) is 30.9 Å². The van der Waals surface area contributed by atoms with E-state index in [1.165, 1.54) is 40.7 Å². The largest absolute Gasteiger partial charge is 0.497 e. The molecule has 0 fully saturated rings. The third-order valence-electron chi connectivity index (χ3n) is 4.53. The fourth-order valence-corrected chi connectivity index (χ4v) is 4.41. The molecule has 0 saturated carbocycles. The molecule has 3 rings (SSSR count). The molecule has 0 atom stereocenters. The zero-order valence-electron chi connectivity index (χ0n) is 16.2. The molecule has 0 bridgehead atoms. The molecular formula is C22H20ClNO5S. The predicted octanol–water partition coefficient (Wildman–Crippen LogP) is 4.44. The average molecular weight is 446 g/mol. The summed E-state index contributed by atoms with van der Waals surface area (Å²) >= 11 is 5.90. The van der Waals surface area contributed by atoms with Crippen LogP contribution in [0.25, 0.3) is 0 Å². The van der Waals surface area contributed by atoms with E-state index in [1.54, 1.807) is 43.5 Å². The van der Waals surface area contributed by atoms with E-state index in [-0.39, 0.29) is 23.5 Å². The molecule has 0 aliphatic heterocycles. The first kappa shape index (κ1) is 21.8. The number of hydrogen-bond acceptors (Lipinski definition) is 4. The Hall–Kier alpha value is -2.87. The standard InChI is InChI=1S/C22H20ClNO5S/c1-29-20-10-4-17(5-11-20)15-24(14-16-2-6-18(7-3-16)22(25)26)30(27,28)21-12-8-19(23)9-13-21/h2-13H,14-15H2,1H3,(H,25,26). The van der Waals surface area contributed by atoms with Gasteiger partial charge in [-0.05, 0) is 59.7 Å². The van der Waals surface area contributed by atoms with Crippen molar-refractivity contribution in [1.29, 1.82) is 0 Å². The second kappa shape index (κ2) is 9.30. The summed E-state index contributed by atoms with van der Waals surface area (Å²) in [5, 5.41) is 9.51. The van der Waals surface area contributed by atoms with E-state index in [9.17, 15) is 13.2 Å². The van der Waals surface area contributed by atoms with Crippen molar-refractivity contribution in [3.8, 4) is 5.75 Å². The van der Waals surface area contributed by atoms with Gasteiger partial charge >= 0.3 is 5.97 Å². The smallest absolute Gasteiger partial charge is 0.335 e. The SMILES string of the molecule is COc1ccc(CN(Cc2ccc(C(=O)O)cc2)S(=O)(=O)c2ccc(Cl)cc2)cc1. The van der Waals surface area contributed by atoms with Gasteiger partial charge in [-0.3, -0.25) is 0 Å². The number of methoxy groups -OCH3 is 1.